The third-order valence-electron chi connectivity index (χ3n) is 9.59. The monoisotopic (exact) mass is 651 g/mol. The average molecular weight is 652 g/mol. The van der Waals surface area contributed by atoms with E-state index in [-0.39, 0.29) is 22.4 Å². The van der Waals surface area contributed by atoms with E-state index in [2.05, 4.69) is 113 Å². The van der Waals surface area contributed by atoms with E-state index in [1.54, 1.807) is 28.7 Å². The number of Topliss-reactive ketones (excluding diaryl/α,β-unsaturated/α-hetero) is 2. The lowest BCUT2D eigenvalue weighted by Gasteiger charge is -2.24. The summed E-state index contributed by atoms with van der Waals surface area (Å²) in [4.78, 5) is 30.6. The average Bonchev–Trinajstić information content (AvgIpc) is 3.80. The summed E-state index contributed by atoms with van der Waals surface area (Å²) in [7, 11) is 0. The van der Waals surface area contributed by atoms with Gasteiger partial charge in [0.2, 0.25) is 0 Å². The Bertz CT molecular complexity index is 2400. The van der Waals surface area contributed by atoms with Gasteiger partial charge >= 0.3 is 0 Å². The zero-order valence-electron chi connectivity index (χ0n) is 27.7. The van der Waals surface area contributed by atoms with Crippen LogP contribution in [0.3, 0.4) is 0 Å². The van der Waals surface area contributed by atoms with Gasteiger partial charge in [-0.3, -0.25) is 9.59 Å². The molecule has 3 nitrogen and oxygen atoms in total. The fourth-order valence-electron chi connectivity index (χ4n) is 6.90. The topological polar surface area (TPSA) is 39.1 Å². The van der Waals surface area contributed by atoms with Crippen molar-refractivity contribution in [1.82, 2.24) is 4.57 Å². The van der Waals surface area contributed by atoms with Crippen LogP contribution in [0.4, 0.5) is 0 Å². The number of rotatable bonds is 3. The van der Waals surface area contributed by atoms with Gasteiger partial charge in [-0.15, -0.1) is 22.7 Å². The SMILES string of the molecule is CC(C)(C)c1ccc2c(-n3c4ccccc4c4cc(-c5ccc(/C=C6/C(=O)C7=C(CCC=C7)C6=O)s5)sc43)cc(C(C)(C)C)cc2c1. The van der Waals surface area contributed by atoms with Gasteiger partial charge in [0.15, 0.2) is 11.6 Å². The van der Waals surface area contributed by atoms with E-state index in [1.165, 1.54) is 53.6 Å². The van der Waals surface area contributed by atoms with Crippen LogP contribution in [0, 0.1) is 0 Å². The van der Waals surface area contributed by atoms with Gasteiger partial charge in [0, 0.05) is 41.9 Å². The maximum atomic E-state index is 13.1. The molecular weight excluding hydrogens is 615 g/mol. The maximum absolute atomic E-state index is 13.1. The molecule has 2 aliphatic carbocycles. The summed E-state index contributed by atoms with van der Waals surface area (Å²) >= 11 is 3.43. The molecule has 2 aliphatic rings. The van der Waals surface area contributed by atoms with Crippen LogP contribution in [0.2, 0.25) is 0 Å². The Morgan fingerprint density at radius 3 is 2.26 bits per heavy atom. The molecule has 3 aromatic heterocycles. The maximum Gasteiger partial charge on any atom is 0.197 e. The highest BCUT2D eigenvalue weighted by Crippen LogP contribution is 2.45. The first-order chi connectivity index (χ1) is 22.4. The number of carbonyl (C=O) groups is 2. The minimum Gasteiger partial charge on any atom is -0.300 e. The molecule has 6 aromatic rings. The first-order valence-corrected chi connectivity index (χ1v) is 17.9. The van der Waals surface area contributed by atoms with Gasteiger partial charge in [-0.1, -0.05) is 96.2 Å². The largest absolute Gasteiger partial charge is 0.300 e. The summed E-state index contributed by atoms with van der Waals surface area (Å²) in [6.07, 6.45) is 7.06. The van der Waals surface area contributed by atoms with Gasteiger partial charge in [0.1, 0.15) is 4.83 Å². The van der Waals surface area contributed by atoms with Gasteiger partial charge < -0.3 is 4.57 Å². The van der Waals surface area contributed by atoms with Crippen LogP contribution in [0.25, 0.3) is 53.4 Å². The summed E-state index contributed by atoms with van der Waals surface area (Å²) in [5.41, 5.74) is 6.64. The number of para-hydroxylation sites is 1. The van der Waals surface area contributed by atoms with Gasteiger partial charge in [0.05, 0.1) is 16.8 Å². The smallest absolute Gasteiger partial charge is 0.197 e. The lowest BCUT2D eigenvalue weighted by atomic mass is 9.82. The Hall–Kier alpha value is -4.32. The van der Waals surface area contributed by atoms with Crippen LogP contribution in [-0.2, 0) is 20.4 Å². The molecular formula is C42H37NO2S2. The third-order valence-corrected chi connectivity index (χ3v) is 11.9. The fourth-order valence-corrected chi connectivity index (χ4v) is 9.13. The summed E-state index contributed by atoms with van der Waals surface area (Å²) in [6.45, 7) is 13.7. The molecule has 5 heteroatoms. The second-order valence-electron chi connectivity index (χ2n) is 14.9. The number of ketones is 2. The standard InChI is InChI=1S/C42H37NO2S2/c1-41(2,3)25-15-17-28-24(19-25)20-26(42(4,5)6)21-35(28)43-34-14-10-9-11-29(34)32-23-37(47-40(32)43)36-18-16-27(46-36)22-33-38(44)30-12-7-8-13-31(30)39(33)45/h7,9-12,14-23H,8,13H2,1-6H3/b33-22-. The summed E-state index contributed by atoms with van der Waals surface area (Å²) in [5.74, 6) is -0.247. The van der Waals surface area contributed by atoms with E-state index in [4.69, 9.17) is 0 Å². The molecule has 0 atom stereocenters. The van der Waals surface area contributed by atoms with Crippen molar-refractivity contribution in [1.29, 1.82) is 0 Å². The second kappa shape index (κ2) is 10.6. The quantitative estimate of drug-likeness (QED) is 0.141. The highest BCUT2D eigenvalue weighted by molar-refractivity contribution is 7.26. The number of hydrogen-bond donors (Lipinski definition) is 0. The van der Waals surface area contributed by atoms with Gasteiger partial charge in [-0.25, -0.2) is 0 Å². The molecule has 3 aromatic carbocycles. The Morgan fingerprint density at radius 1 is 0.723 bits per heavy atom. The molecule has 0 saturated heterocycles. The Balaban J connectivity index is 1.28. The molecule has 3 heterocycles. The summed E-state index contributed by atoms with van der Waals surface area (Å²) in [5, 5.41) is 4.97. The zero-order valence-corrected chi connectivity index (χ0v) is 29.3. The van der Waals surface area contributed by atoms with Crippen LogP contribution in [0.15, 0.2) is 102 Å². The number of aromatic nitrogens is 1. The molecule has 0 amide bonds. The van der Waals surface area contributed by atoms with Gasteiger partial charge in [-0.2, -0.15) is 0 Å². The van der Waals surface area contributed by atoms with Crippen molar-refractivity contribution in [3.8, 4) is 15.4 Å². The number of benzene rings is 3. The van der Waals surface area contributed by atoms with Crippen molar-refractivity contribution in [2.75, 3.05) is 0 Å². The lowest BCUT2D eigenvalue weighted by Crippen LogP contribution is -2.13. The van der Waals surface area contributed by atoms with Crippen molar-refractivity contribution in [3.05, 3.63) is 118 Å². The van der Waals surface area contributed by atoms with E-state index in [0.717, 1.165) is 16.2 Å². The Labute approximate surface area is 283 Å². The molecule has 8 rings (SSSR count). The highest BCUT2D eigenvalue weighted by Gasteiger charge is 2.35. The molecule has 0 aliphatic heterocycles. The fraction of sp³-hybridized carbons (Fsp3) is 0.238. The minimum absolute atomic E-state index is 0.0155. The first-order valence-electron chi connectivity index (χ1n) is 16.3. The predicted molar refractivity (Wildman–Crippen MR) is 200 cm³/mol. The molecule has 0 fully saturated rings. The van der Waals surface area contributed by atoms with Crippen LogP contribution in [-0.4, -0.2) is 16.1 Å². The normalized spacial score (nSPS) is 16.5. The molecule has 234 valence electrons. The second-order valence-corrected chi connectivity index (χ2v) is 17.0. The number of carbonyl (C=O) groups excluding carboxylic acids is 2. The van der Waals surface area contributed by atoms with Crippen molar-refractivity contribution in [2.24, 2.45) is 0 Å². The van der Waals surface area contributed by atoms with Crippen molar-refractivity contribution in [2.45, 2.75) is 65.2 Å². The molecule has 0 N–H and O–H groups in total. The number of hydrogen-bond acceptors (Lipinski definition) is 4. The molecule has 0 saturated carbocycles. The summed E-state index contributed by atoms with van der Waals surface area (Å²) in [6, 6.07) is 26.9. The molecule has 47 heavy (non-hydrogen) atoms. The van der Waals surface area contributed by atoms with Crippen LogP contribution in [0.5, 0.6) is 0 Å². The van der Waals surface area contributed by atoms with E-state index in [1.807, 2.05) is 18.2 Å². The number of allylic oxidation sites excluding steroid dienone is 5. The van der Waals surface area contributed by atoms with Crippen LogP contribution < -0.4 is 0 Å². The zero-order chi connectivity index (χ0) is 32.8. The Kier molecular flexibility index (Phi) is 6.77. The lowest BCUT2D eigenvalue weighted by molar-refractivity contribution is -0.115. The highest BCUT2D eigenvalue weighted by atomic mass is 32.1. The molecule has 0 bridgehead atoms. The van der Waals surface area contributed by atoms with Crippen LogP contribution in [0.1, 0.15) is 70.4 Å². The molecule has 0 unspecified atom stereocenters. The molecule has 0 radical (unpaired) electrons. The number of thiophene rings is 2. The first kappa shape index (κ1) is 30.0. The number of nitrogens with zero attached hydrogens (tertiary/aromatic N) is 1. The minimum atomic E-state index is -0.141. The van der Waals surface area contributed by atoms with Crippen molar-refractivity contribution >= 4 is 72.2 Å². The van der Waals surface area contributed by atoms with Gasteiger partial charge in [-0.05, 0) is 76.6 Å². The van der Waals surface area contributed by atoms with Crippen LogP contribution >= 0.6 is 22.7 Å². The van der Waals surface area contributed by atoms with Crippen molar-refractivity contribution < 1.29 is 9.59 Å². The van der Waals surface area contributed by atoms with Crippen molar-refractivity contribution in [3.63, 3.8) is 0 Å². The number of fused-ring (bicyclic) bond motifs is 4. The van der Waals surface area contributed by atoms with E-state index < -0.39 is 0 Å². The predicted octanol–water partition coefficient (Wildman–Crippen LogP) is 11.5. The van der Waals surface area contributed by atoms with E-state index in [9.17, 15) is 9.59 Å². The Morgan fingerprint density at radius 2 is 1.49 bits per heavy atom. The summed E-state index contributed by atoms with van der Waals surface area (Å²) < 4.78 is 2.46. The van der Waals surface area contributed by atoms with E-state index >= 15 is 0 Å². The molecule has 0 spiro atoms. The third kappa shape index (κ3) is 4.90. The van der Waals surface area contributed by atoms with Gasteiger partial charge in [0.25, 0.3) is 0 Å². The van der Waals surface area contributed by atoms with E-state index in [0.29, 0.717) is 23.1 Å².